The van der Waals surface area contributed by atoms with Crippen LogP contribution in [0, 0.1) is 11.6 Å². The number of nitrogens with one attached hydrogen (secondary N) is 1. The molecule has 1 aromatic rings. The Morgan fingerprint density at radius 2 is 2.17 bits per heavy atom. The molecule has 5 heteroatoms. The largest absolute Gasteiger partial charge is 0.394 e. The predicted molar refractivity (Wildman–Crippen MR) is 68.7 cm³/mol. The van der Waals surface area contributed by atoms with Gasteiger partial charge < -0.3 is 10.4 Å². The zero-order valence-corrected chi connectivity index (χ0v) is 11.1. The molecule has 1 atom stereocenters. The number of hydrogen-bond acceptors (Lipinski definition) is 3. The molecule has 1 saturated carbocycles. The Morgan fingerprint density at radius 1 is 1.44 bits per heavy atom. The Morgan fingerprint density at radius 3 is 2.78 bits per heavy atom. The van der Waals surface area contributed by atoms with E-state index >= 15 is 0 Å². The Balaban J connectivity index is 1.97. The van der Waals surface area contributed by atoms with Crippen LogP contribution in [0.5, 0.6) is 0 Å². The molecule has 100 valence electrons. The van der Waals surface area contributed by atoms with E-state index in [4.69, 9.17) is 0 Å². The third-order valence-corrected chi connectivity index (χ3v) is 4.32. The molecule has 0 aromatic heterocycles. The van der Waals surface area contributed by atoms with Crippen molar-refractivity contribution in [3.8, 4) is 0 Å². The summed E-state index contributed by atoms with van der Waals surface area (Å²) in [5.41, 5.74) is -0.454. The van der Waals surface area contributed by atoms with Crippen molar-refractivity contribution in [2.45, 2.75) is 36.2 Å². The van der Waals surface area contributed by atoms with E-state index in [0.29, 0.717) is 11.8 Å². The van der Waals surface area contributed by atoms with Gasteiger partial charge in [0.1, 0.15) is 11.6 Å². The monoisotopic (exact) mass is 273 g/mol. The first-order valence-corrected chi connectivity index (χ1v) is 6.97. The third kappa shape index (κ3) is 3.67. The summed E-state index contributed by atoms with van der Waals surface area (Å²) in [6.07, 6.45) is 2.24. The van der Waals surface area contributed by atoms with Crippen LogP contribution in [-0.4, -0.2) is 29.0 Å². The maximum absolute atomic E-state index is 13.5. The van der Waals surface area contributed by atoms with Crippen LogP contribution in [0.4, 0.5) is 8.78 Å². The molecule has 2 rings (SSSR count). The van der Waals surface area contributed by atoms with Gasteiger partial charge in [-0.2, -0.15) is 0 Å². The summed E-state index contributed by atoms with van der Waals surface area (Å²) in [7, 11) is 0. The molecule has 0 amide bonds. The second kappa shape index (κ2) is 5.55. The number of thioether (sulfide) groups is 1. The summed E-state index contributed by atoms with van der Waals surface area (Å²) >= 11 is 1.22. The Kier molecular flexibility index (Phi) is 4.25. The maximum Gasteiger partial charge on any atom is 0.136 e. The number of aliphatic hydroxyl groups is 1. The van der Waals surface area contributed by atoms with E-state index in [2.05, 4.69) is 5.32 Å². The standard InChI is InChI=1S/C13H17F2NOS/c1-13(7-17,16-10-3-4-10)8-18-12-6-9(14)2-5-11(12)15/h2,5-6,10,16-17H,3-4,7-8H2,1H3. The highest BCUT2D eigenvalue weighted by Crippen LogP contribution is 2.29. The Hall–Kier alpha value is -0.650. The summed E-state index contributed by atoms with van der Waals surface area (Å²) in [6.45, 7) is 1.88. The summed E-state index contributed by atoms with van der Waals surface area (Å²) in [5.74, 6) is -0.367. The fourth-order valence-electron chi connectivity index (χ4n) is 1.68. The number of halogens is 2. The number of benzene rings is 1. The van der Waals surface area contributed by atoms with Crippen molar-refractivity contribution in [1.29, 1.82) is 0 Å². The van der Waals surface area contributed by atoms with Gasteiger partial charge in [0.2, 0.25) is 0 Å². The van der Waals surface area contributed by atoms with E-state index in [-0.39, 0.29) is 11.5 Å². The predicted octanol–water partition coefficient (Wildman–Crippen LogP) is 2.56. The van der Waals surface area contributed by atoms with Gasteiger partial charge in [0.25, 0.3) is 0 Å². The van der Waals surface area contributed by atoms with E-state index < -0.39 is 17.2 Å². The van der Waals surface area contributed by atoms with E-state index in [1.54, 1.807) is 0 Å². The minimum absolute atomic E-state index is 0.0204. The van der Waals surface area contributed by atoms with Gasteiger partial charge in [0.15, 0.2) is 0 Å². The average molecular weight is 273 g/mol. The van der Waals surface area contributed by atoms with Crippen LogP contribution < -0.4 is 5.32 Å². The first kappa shape index (κ1) is 13.8. The second-order valence-corrected chi connectivity index (χ2v) is 6.02. The molecule has 1 unspecified atom stereocenters. The summed E-state index contributed by atoms with van der Waals surface area (Å²) in [4.78, 5) is 0.285. The average Bonchev–Trinajstić information content (AvgIpc) is 3.14. The van der Waals surface area contributed by atoms with Crippen LogP contribution in [0.2, 0.25) is 0 Å². The van der Waals surface area contributed by atoms with Gasteiger partial charge >= 0.3 is 0 Å². The number of aliphatic hydroxyl groups excluding tert-OH is 1. The molecule has 1 aliphatic carbocycles. The van der Waals surface area contributed by atoms with Gasteiger partial charge in [-0.3, -0.25) is 0 Å². The molecule has 0 spiro atoms. The smallest absolute Gasteiger partial charge is 0.136 e. The molecule has 2 nitrogen and oxygen atoms in total. The number of hydrogen-bond donors (Lipinski definition) is 2. The van der Waals surface area contributed by atoms with E-state index in [1.165, 1.54) is 17.8 Å². The molecule has 1 aromatic carbocycles. The van der Waals surface area contributed by atoms with Crippen LogP contribution >= 0.6 is 11.8 Å². The highest BCUT2D eigenvalue weighted by Gasteiger charge is 2.32. The van der Waals surface area contributed by atoms with Gasteiger partial charge in [0, 0.05) is 22.2 Å². The van der Waals surface area contributed by atoms with Crippen molar-refractivity contribution in [3.05, 3.63) is 29.8 Å². The fourth-order valence-corrected chi connectivity index (χ4v) is 2.73. The molecule has 1 fully saturated rings. The lowest BCUT2D eigenvalue weighted by Crippen LogP contribution is -2.49. The van der Waals surface area contributed by atoms with Crippen molar-refractivity contribution in [2.24, 2.45) is 0 Å². The van der Waals surface area contributed by atoms with Gasteiger partial charge in [0.05, 0.1) is 6.61 Å². The Bertz CT molecular complexity index is 425. The van der Waals surface area contributed by atoms with Gasteiger partial charge in [-0.25, -0.2) is 8.78 Å². The lowest BCUT2D eigenvalue weighted by molar-refractivity contribution is 0.190. The molecule has 2 N–H and O–H groups in total. The fraction of sp³-hybridized carbons (Fsp3) is 0.538. The van der Waals surface area contributed by atoms with Crippen molar-refractivity contribution in [3.63, 3.8) is 0 Å². The first-order chi connectivity index (χ1) is 8.52. The van der Waals surface area contributed by atoms with E-state index in [1.807, 2.05) is 6.92 Å². The SMILES string of the molecule is CC(CO)(CSc1cc(F)ccc1F)NC1CC1. The summed E-state index contributed by atoms with van der Waals surface area (Å²) in [5, 5.41) is 12.8. The minimum atomic E-state index is -0.454. The third-order valence-electron chi connectivity index (χ3n) is 2.92. The van der Waals surface area contributed by atoms with Crippen molar-refractivity contribution in [1.82, 2.24) is 5.32 Å². The lowest BCUT2D eigenvalue weighted by Gasteiger charge is -2.28. The van der Waals surface area contributed by atoms with E-state index in [9.17, 15) is 13.9 Å². The van der Waals surface area contributed by atoms with E-state index in [0.717, 1.165) is 25.0 Å². The van der Waals surface area contributed by atoms with Crippen LogP contribution in [0.3, 0.4) is 0 Å². The highest BCUT2D eigenvalue weighted by atomic mass is 32.2. The molecule has 0 radical (unpaired) electrons. The topological polar surface area (TPSA) is 32.3 Å². The molecule has 0 aliphatic heterocycles. The Labute approximate surface area is 110 Å². The summed E-state index contributed by atoms with van der Waals surface area (Å²) < 4.78 is 26.5. The van der Waals surface area contributed by atoms with Gasteiger partial charge in [-0.05, 0) is 38.0 Å². The van der Waals surface area contributed by atoms with Crippen LogP contribution in [0.25, 0.3) is 0 Å². The normalized spacial score (nSPS) is 18.7. The molecular formula is C13H17F2NOS. The molecule has 0 bridgehead atoms. The zero-order valence-electron chi connectivity index (χ0n) is 10.2. The highest BCUT2D eigenvalue weighted by molar-refractivity contribution is 7.99. The van der Waals surface area contributed by atoms with Gasteiger partial charge in [-0.15, -0.1) is 11.8 Å². The first-order valence-electron chi connectivity index (χ1n) is 5.99. The van der Waals surface area contributed by atoms with Crippen molar-refractivity contribution < 1.29 is 13.9 Å². The lowest BCUT2D eigenvalue weighted by atomic mass is 10.1. The van der Waals surface area contributed by atoms with Crippen molar-refractivity contribution >= 4 is 11.8 Å². The molecule has 0 heterocycles. The maximum atomic E-state index is 13.5. The zero-order chi connectivity index (χ0) is 13.2. The molecular weight excluding hydrogens is 256 g/mol. The molecule has 0 saturated heterocycles. The van der Waals surface area contributed by atoms with Gasteiger partial charge in [-0.1, -0.05) is 0 Å². The molecule has 1 aliphatic rings. The van der Waals surface area contributed by atoms with Crippen LogP contribution in [0.1, 0.15) is 19.8 Å². The van der Waals surface area contributed by atoms with Crippen LogP contribution in [0.15, 0.2) is 23.1 Å². The second-order valence-electron chi connectivity index (χ2n) is 5.00. The molecule has 18 heavy (non-hydrogen) atoms. The minimum Gasteiger partial charge on any atom is -0.394 e. The van der Waals surface area contributed by atoms with Crippen molar-refractivity contribution in [2.75, 3.05) is 12.4 Å². The summed E-state index contributed by atoms with van der Waals surface area (Å²) in [6, 6.07) is 3.88. The number of rotatable bonds is 6. The quantitative estimate of drug-likeness (QED) is 0.781. The van der Waals surface area contributed by atoms with Crippen LogP contribution in [-0.2, 0) is 0 Å².